The molecule has 0 aromatic heterocycles. The van der Waals surface area contributed by atoms with Crippen molar-refractivity contribution in [1.82, 2.24) is 0 Å². The molecule has 33 heavy (non-hydrogen) atoms. The average Bonchev–Trinajstić information content (AvgIpc) is 3.06. The fourth-order valence-corrected chi connectivity index (χ4v) is 4.22. The predicted molar refractivity (Wildman–Crippen MR) is 129 cm³/mol. The molecule has 1 fully saturated rings. The van der Waals surface area contributed by atoms with Crippen LogP contribution in [0.4, 0.5) is 5.69 Å². The van der Waals surface area contributed by atoms with Crippen molar-refractivity contribution < 1.29 is 19.4 Å². The van der Waals surface area contributed by atoms with Crippen molar-refractivity contribution in [3.8, 4) is 5.75 Å². The zero-order valence-corrected chi connectivity index (χ0v) is 19.3. The minimum atomic E-state index is -0.784. The van der Waals surface area contributed by atoms with E-state index in [1.807, 2.05) is 88.4 Å². The van der Waals surface area contributed by atoms with E-state index in [2.05, 4.69) is 0 Å². The molecule has 0 aliphatic carbocycles. The molecule has 5 heteroatoms. The van der Waals surface area contributed by atoms with Gasteiger partial charge in [-0.25, -0.2) is 0 Å². The molecule has 0 spiro atoms. The SMILES string of the molecule is CCOc1cccc(C2/C(=C(/O)c3ccc(C)c(C)c3)C(=O)C(=O)N2c2ccccc2C)c1. The van der Waals surface area contributed by atoms with Crippen LogP contribution < -0.4 is 9.64 Å². The molecule has 1 amide bonds. The Bertz CT molecular complexity index is 1270. The molecule has 3 aromatic carbocycles. The van der Waals surface area contributed by atoms with E-state index in [0.717, 1.165) is 16.7 Å². The zero-order chi connectivity index (χ0) is 23.7. The lowest BCUT2D eigenvalue weighted by molar-refractivity contribution is -0.132. The molecular weight excluding hydrogens is 414 g/mol. The van der Waals surface area contributed by atoms with Crippen LogP contribution in [-0.2, 0) is 9.59 Å². The summed E-state index contributed by atoms with van der Waals surface area (Å²) in [5, 5.41) is 11.3. The van der Waals surface area contributed by atoms with Gasteiger partial charge in [-0.1, -0.05) is 42.5 Å². The molecule has 0 saturated carbocycles. The summed E-state index contributed by atoms with van der Waals surface area (Å²) in [4.78, 5) is 28.1. The van der Waals surface area contributed by atoms with Gasteiger partial charge in [0.2, 0.25) is 0 Å². The number of ketones is 1. The number of nitrogens with zero attached hydrogens (tertiary/aromatic N) is 1. The van der Waals surface area contributed by atoms with E-state index in [1.165, 1.54) is 4.90 Å². The molecule has 1 aliphatic heterocycles. The van der Waals surface area contributed by atoms with Crippen molar-refractivity contribution in [2.75, 3.05) is 11.5 Å². The number of benzene rings is 3. The number of carbonyl (C=O) groups is 2. The van der Waals surface area contributed by atoms with Gasteiger partial charge in [0.15, 0.2) is 0 Å². The van der Waals surface area contributed by atoms with Crippen LogP contribution in [0, 0.1) is 20.8 Å². The van der Waals surface area contributed by atoms with Gasteiger partial charge in [0.25, 0.3) is 11.7 Å². The fourth-order valence-electron chi connectivity index (χ4n) is 4.22. The standard InChI is InChI=1S/C28H27NO4/c1-5-33-22-11-8-10-20(16-22)25-24(26(30)21-14-13-17(2)19(4)15-21)27(31)28(32)29(25)23-12-7-6-9-18(23)3/h6-16,25,30H,5H2,1-4H3/b26-24-. The Morgan fingerprint density at radius 1 is 0.909 bits per heavy atom. The van der Waals surface area contributed by atoms with Gasteiger partial charge in [-0.3, -0.25) is 14.5 Å². The monoisotopic (exact) mass is 441 g/mol. The number of amides is 1. The van der Waals surface area contributed by atoms with E-state index in [0.29, 0.717) is 29.2 Å². The van der Waals surface area contributed by atoms with Crippen LogP contribution in [0.2, 0.25) is 0 Å². The van der Waals surface area contributed by atoms with Crippen LogP contribution >= 0.6 is 0 Å². The number of ether oxygens (including phenoxy) is 1. The summed E-state index contributed by atoms with van der Waals surface area (Å²) in [5.74, 6) is -0.918. The summed E-state index contributed by atoms with van der Waals surface area (Å²) in [6.45, 7) is 8.21. The molecule has 0 bridgehead atoms. The Kier molecular flexibility index (Phi) is 6.05. The smallest absolute Gasteiger partial charge is 0.300 e. The largest absolute Gasteiger partial charge is 0.507 e. The normalized spacial score (nSPS) is 17.5. The topological polar surface area (TPSA) is 66.8 Å². The first-order valence-corrected chi connectivity index (χ1v) is 11.0. The second kappa shape index (κ2) is 8.94. The number of hydrogen-bond acceptors (Lipinski definition) is 4. The Morgan fingerprint density at radius 2 is 1.67 bits per heavy atom. The summed E-state index contributed by atoms with van der Waals surface area (Å²) < 4.78 is 5.67. The lowest BCUT2D eigenvalue weighted by atomic mass is 9.94. The van der Waals surface area contributed by atoms with E-state index in [1.54, 1.807) is 6.07 Å². The van der Waals surface area contributed by atoms with E-state index >= 15 is 0 Å². The van der Waals surface area contributed by atoms with E-state index in [4.69, 9.17) is 4.74 Å². The summed E-state index contributed by atoms with van der Waals surface area (Å²) >= 11 is 0. The first-order valence-electron chi connectivity index (χ1n) is 11.0. The van der Waals surface area contributed by atoms with Gasteiger partial charge in [-0.05, 0) is 74.2 Å². The molecule has 1 aliphatic rings. The molecule has 1 unspecified atom stereocenters. The Hall–Kier alpha value is -3.86. The molecule has 1 saturated heterocycles. The fraction of sp³-hybridized carbons (Fsp3) is 0.214. The van der Waals surface area contributed by atoms with Crippen molar-refractivity contribution in [2.24, 2.45) is 0 Å². The molecule has 1 atom stereocenters. The quantitative estimate of drug-likeness (QED) is 0.316. The minimum Gasteiger partial charge on any atom is -0.507 e. The van der Waals surface area contributed by atoms with Crippen LogP contribution in [0.5, 0.6) is 5.75 Å². The maximum atomic E-state index is 13.3. The van der Waals surface area contributed by atoms with Crippen molar-refractivity contribution in [3.63, 3.8) is 0 Å². The molecule has 3 aromatic rings. The number of aliphatic hydroxyl groups is 1. The highest BCUT2D eigenvalue weighted by Gasteiger charge is 2.47. The maximum absolute atomic E-state index is 13.3. The Labute approximate surface area is 193 Å². The lowest BCUT2D eigenvalue weighted by Crippen LogP contribution is -2.30. The number of carbonyl (C=O) groups excluding carboxylic acids is 2. The first kappa shape index (κ1) is 22.3. The van der Waals surface area contributed by atoms with Crippen molar-refractivity contribution in [3.05, 3.63) is 100 Å². The number of Topliss-reactive ketones (excluding diaryl/α,β-unsaturated/α-hetero) is 1. The number of rotatable bonds is 5. The Balaban J connectivity index is 1.97. The molecule has 0 radical (unpaired) electrons. The number of aryl methyl sites for hydroxylation is 3. The molecule has 5 nitrogen and oxygen atoms in total. The molecule has 1 N–H and O–H groups in total. The third-order valence-corrected chi connectivity index (χ3v) is 6.08. The molecule has 4 rings (SSSR count). The summed E-state index contributed by atoms with van der Waals surface area (Å²) in [5.41, 5.74) is 4.82. The second-order valence-corrected chi connectivity index (χ2v) is 8.26. The van der Waals surface area contributed by atoms with Gasteiger partial charge in [0.05, 0.1) is 18.2 Å². The van der Waals surface area contributed by atoms with Gasteiger partial charge in [-0.15, -0.1) is 0 Å². The van der Waals surface area contributed by atoms with E-state index in [-0.39, 0.29) is 11.3 Å². The van der Waals surface area contributed by atoms with Gasteiger partial charge in [0, 0.05) is 11.3 Å². The Morgan fingerprint density at radius 3 is 2.36 bits per heavy atom. The molecular formula is C28H27NO4. The van der Waals surface area contributed by atoms with E-state index < -0.39 is 17.7 Å². The van der Waals surface area contributed by atoms with Crippen molar-refractivity contribution in [2.45, 2.75) is 33.7 Å². The van der Waals surface area contributed by atoms with Gasteiger partial charge in [-0.2, -0.15) is 0 Å². The van der Waals surface area contributed by atoms with Crippen molar-refractivity contribution in [1.29, 1.82) is 0 Å². The number of hydrogen-bond donors (Lipinski definition) is 1. The maximum Gasteiger partial charge on any atom is 0.300 e. The van der Waals surface area contributed by atoms with Crippen LogP contribution in [0.3, 0.4) is 0 Å². The minimum absolute atomic E-state index is 0.0696. The highest BCUT2D eigenvalue weighted by Crippen LogP contribution is 2.43. The highest BCUT2D eigenvalue weighted by atomic mass is 16.5. The van der Waals surface area contributed by atoms with Gasteiger partial charge in [0.1, 0.15) is 11.5 Å². The van der Waals surface area contributed by atoms with Gasteiger partial charge < -0.3 is 9.84 Å². The van der Waals surface area contributed by atoms with Gasteiger partial charge >= 0.3 is 0 Å². The van der Waals surface area contributed by atoms with Crippen molar-refractivity contribution >= 4 is 23.1 Å². The van der Waals surface area contributed by atoms with Crippen LogP contribution in [0.15, 0.2) is 72.3 Å². The van der Waals surface area contributed by atoms with Crippen LogP contribution in [-0.4, -0.2) is 23.4 Å². The zero-order valence-electron chi connectivity index (χ0n) is 19.3. The van der Waals surface area contributed by atoms with E-state index in [9.17, 15) is 14.7 Å². The van der Waals surface area contributed by atoms with Crippen LogP contribution in [0.1, 0.15) is 40.8 Å². The van der Waals surface area contributed by atoms with Crippen LogP contribution in [0.25, 0.3) is 5.76 Å². The first-order chi connectivity index (χ1) is 15.8. The third kappa shape index (κ3) is 4.02. The summed E-state index contributed by atoms with van der Waals surface area (Å²) in [6, 6.07) is 19.5. The number of aliphatic hydroxyl groups excluding tert-OH is 1. The molecule has 1 heterocycles. The number of anilines is 1. The lowest BCUT2D eigenvalue weighted by Gasteiger charge is -2.27. The third-order valence-electron chi connectivity index (χ3n) is 6.08. The number of para-hydroxylation sites is 1. The average molecular weight is 442 g/mol. The summed E-state index contributed by atoms with van der Waals surface area (Å²) in [7, 11) is 0. The highest BCUT2D eigenvalue weighted by molar-refractivity contribution is 6.51. The summed E-state index contributed by atoms with van der Waals surface area (Å²) in [6.07, 6.45) is 0. The second-order valence-electron chi connectivity index (χ2n) is 8.26. The predicted octanol–water partition coefficient (Wildman–Crippen LogP) is 5.64. The molecule has 168 valence electrons.